The fourth-order valence-electron chi connectivity index (χ4n) is 1.37. The van der Waals surface area contributed by atoms with E-state index in [1.807, 2.05) is 24.3 Å². The summed E-state index contributed by atoms with van der Waals surface area (Å²) in [5.41, 5.74) is 1.00. The van der Waals surface area contributed by atoms with E-state index in [4.69, 9.17) is 9.52 Å². The maximum atomic E-state index is 10.6. The van der Waals surface area contributed by atoms with Crippen molar-refractivity contribution in [2.45, 2.75) is 6.54 Å². The molecule has 0 unspecified atom stereocenters. The Hall–Kier alpha value is -1.50. The second kappa shape index (κ2) is 5.22. The van der Waals surface area contributed by atoms with Gasteiger partial charge in [-0.2, -0.15) is 0 Å². The summed E-state index contributed by atoms with van der Waals surface area (Å²) in [5, 5.41) is 11.9. The van der Waals surface area contributed by atoms with Crippen LogP contribution in [-0.2, 0) is 6.54 Å². The van der Waals surface area contributed by atoms with Gasteiger partial charge >= 0.3 is 5.97 Å². The summed E-state index contributed by atoms with van der Waals surface area (Å²) in [6, 6.07) is 11.0. The third-order valence-electron chi connectivity index (χ3n) is 2.20. The van der Waals surface area contributed by atoms with Crippen molar-refractivity contribution in [1.82, 2.24) is 0 Å². The highest BCUT2D eigenvalue weighted by Crippen LogP contribution is 2.18. The number of aromatic carboxylic acids is 1. The molecule has 17 heavy (non-hydrogen) atoms. The minimum atomic E-state index is -1.05. The normalized spacial score (nSPS) is 10.2. The molecule has 0 spiro atoms. The number of carboxylic acid groups (broad SMARTS) is 1. The van der Waals surface area contributed by atoms with Gasteiger partial charge in [0, 0.05) is 9.26 Å². The first-order valence-electron chi connectivity index (χ1n) is 4.97. The lowest BCUT2D eigenvalue weighted by Gasteiger charge is -2.06. The number of rotatable bonds is 4. The lowest BCUT2D eigenvalue weighted by molar-refractivity contribution is 0.0660. The van der Waals surface area contributed by atoms with Crippen LogP contribution in [0.2, 0.25) is 0 Å². The molecule has 0 atom stereocenters. The van der Waals surface area contributed by atoms with Gasteiger partial charge in [-0.25, -0.2) is 4.79 Å². The topological polar surface area (TPSA) is 62.5 Å². The highest BCUT2D eigenvalue weighted by atomic mass is 127. The summed E-state index contributed by atoms with van der Waals surface area (Å²) < 4.78 is 6.25. The van der Waals surface area contributed by atoms with E-state index in [2.05, 4.69) is 27.9 Å². The first-order chi connectivity index (χ1) is 8.16. The van der Waals surface area contributed by atoms with Gasteiger partial charge in [-0.3, -0.25) is 0 Å². The Bertz CT molecular complexity index is 536. The Morgan fingerprint density at radius 1 is 1.29 bits per heavy atom. The molecule has 0 aliphatic heterocycles. The monoisotopic (exact) mass is 343 g/mol. The summed E-state index contributed by atoms with van der Waals surface area (Å²) in [7, 11) is 0. The maximum absolute atomic E-state index is 10.6. The van der Waals surface area contributed by atoms with E-state index in [-0.39, 0.29) is 5.76 Å². The number of hydrogen-bond acceptors (Lipinski definition) is 3. The highest BCUT2D eigenvalue weighted by molar-refractivity contribution is 14.1. The van der Waals surface area contributed by atoms with Crippen molar-refractivity contribution in [3.8, 4) is 0 Å². The largest absolute Gasteiger partial charge is 0.475 e. The SMILES string of the molecule is O=C(O)c1ccc(CNc2ccccc2I)o1. The molecular weight excluding hydrogens is 333 g/mol. The molecule has 0 saturated heterocycles. The molecule has 88 valence electrons. The van der Waals surface area contributed by atoms with E-state index < -0.39 is 5.97 Å². The van der Waals surface area contributed by atoms with Gasteiger partial charge in [-0.15, -0.1) is 0 Å². The lowest BCUT2D eigenvalue weighted by atomic mass is 10.3. The van der Waals surface area contributed by atoms with Gasteiger partial charge in [-0.05, 0) is 46.9 Å². The van der Waals surface area contributed by atoms with E-state index >= 15 is 0 Å². The summed E-state index contributed by atoms with van der Waals surface area (Å²) in [4.78, 5) is 10.6. The van der Waals surface area contributed by atoms with Crippen LogP contribution in [0.5, 0.6) is 0 Å². The zero-order valence-corrected chi connectivity index (χ0v) is 11.0. The number of nitrogens with one attached hydrogen (secondary N) is 1. The summed E-state index contributed by atoms with van der Waals surface area (Å²) in [6.45, 7) is 0.466. The van der Waals surface area contributed by atoms with Crippen molar-refractivity contribution in [3.05, 3.63) is 51.5 Å². The molecule has 0 aliphatic carbocycles. The van der Waals surface area contributed by atoms with Gasteiger partial charge < -0.3 is 14.8 Å². The number of benzene rings is 1. The van der Waals surface area contributed by atoms with Crippen molar-refractivity contribution in [2.75, 3.05) is 5.32 Å². The summed E-state index contributed by atoms with van der Waals surface area (Å²) in [5.74, 6) is -0.489. The number of carboxylic acids is 1. The predicted octanol–water partition coefficient (Wildman–Crippen LogP) is 3.19. The summed E-state index contributed by atoms with van der Waals surface area (Å²) in [6.07, 6.45) is 0. The molecule has 1 aromatic heterocycles. The molecular formula is C12H10INO3. The first-order valence-corrected chi connectivity index (χ1v) is 6.05. The maximum Gasteiger partial charge on any atom is 0.371 e. The van der Waals surface area contributed by atoms with Crippen molar-refractivity contribution in [2.24, 2.45) is 0 Å². The number of furan rings is 1. The predicted molar refractivity (Wildman–Crippen MR) is 72.2 cm³/mol. The van der Waals surface area contributed by atoms with Gasteiger partial charge in [0.1, 0.15) is 5.76 Å². The van der Waals surface area contributed by atoms with Crippen molar-refractivity contribution >= 4 is 34.2 Å². The molecule has 4 nitrogen and oxygen atoms in total. The van der Waals surface area contributed by atoms with Crippen LogP contribution < -0.4 is 5.32 Å². The Morgan fingerprint density at radius 3 is 2.71 bits per heavy atom. The van der Waals surface area contributed by atoms with Crippen molar-refractivity contribution in [3.63, 3.8) is 0 Å². The van der Waals surface area contributed by atoms with E-state index in [0.29, 0.717) is 12.3 Å². The minimum absolute atomic E-state index is 0.0374. The molecule has 0 bridgehead atoms. The Labute approximate surface area is 112 Å². The molecule has 2 N–H and O–H groups in total. The second-order valence-corrected chi connectivity index (χ2v) is 4.57. The average Bonchev–Trinajstić information content (AvgIpc) is 2.77. The minimum Gasteiger partial charge on any atom is -0.475 e. The molecule has 5 heteroatoms. The molecule has 0 amide bonds. The number of anilines is 1. The van der Waals surface area contributed by atoms with E-state index in [1.54, 1.807) is 6.07 Å². The molecule has 2 rings (SSSR count). The molecule has 0 radical (unpaired) electrons. The average molecular weight is 343 g/mol. The van der Waals surface area contributed by atoms with Crippen molar-refractivity contribution < 1.29 is 14.3 Å². The fourth-order valence-corrected chi connectivity index (χ4v) is 1.95. The number of halogens is 1. The summed E-state index contributed by atoms with van der Waals surface area (Å²) >= 11 is 2.23. The van der Waals surface area contributed by atoms with Gasteiger partial charge in [0.25, 0.3) is 0 Å². The van der Waals surface area contributed by atoms with Gasteiger partial charge in [0.15, 0.2) is 0 Å². The van der Waals surface area contributed by atoms with Gasteiger partial charge in [0.2, 0.25) is 5.76 Å². The quantitative estimate of drug-likeness (QED) is 0.837. The van der Waals surface area contributed by atoms with Crippen LogP contribution in [-0.4, -0.2) is 11.1 Å². The van der Waals surface area contributed by atoms with E-state index in [9.17, 15) is 4.79 Å². The Kier molecular flexibility index (Phi) is 3.68. The smallest absolute Gasteiger partial charge is 0.371 e. The third-order valence-corrected chi connectivity index (χ3v) is 3.14. The Balaban J connectivity index is 2.02. The van der Waals surface area contributed by atoms with Gasteiger partial charge in [0.05, 0.1) is 6.54 Å². The molecule has 0 saturated carbocycles. The van der Waals surface area contributed by atoms with Gasteiger partial charge in [-0.1, -0.05) is 12.1 Å². The zero-order chi connectivity index (χ0) is 12.3. The second-order valence-electron chi connectivity index (χ2n) is 3.40. The number of para-hydroxylation sites is 1. The van der Waals surface area contributed by atoms with Crippen LogP contribution in [0.4, 0.5) is 5.69 Å². The van der Waals surface area contributed by atoms with Crippen molar-refractivity contribution in [1.29, 1.82) is 0 Å². The number of hydrogen-bond donors (Lipinski definition) is 2. The standard InChI is InChI=1S/C12H10INO3/c13-9-3-1-2-4-10(9)14-7-8-5-6-11(17-8)12(15)16/h1-6,14H,7H2,(H,15,16). The van der Waals surface area contributed by atoms with Crippen LogP contribution in [0.25, 0.3) is 0 Å². The highest BCUT2D eigenvalue weighted by Gasteiger charge is 2.08. The van der Waals surface area contributed by atoms with Crippen LogP contribution in [0.15, 0.2) is 40.8 Å². The van der Waals surface area contributed by atoms with Crippen LogP contribution in [0.1, 0.15) is 16.3 Å². The molecule has 1 aromatic carbocycles. The lowest BCUT2D eigenvalue weighted by Crippen LogP contribution is -2.00. The van der Waals surface area contributed by atoms with E-state index in [1.165, 1.54) is 6.07 Å². The third kappa shape index (κ3) is 3.00. The Morgan fingerprint density at radius 2 is 2.06 bits per heavy atom. The molecule has 0 fully saturated rings. The molecule has 0 aliphatic rings. The van der Waals surface area contributed by atoms with Crippen LogP contribution in [0.3, 0.4) is 0 Å². The van der Waals surface area contributed by atoms with Crippen LogP contribution in [0, 0.1) is 3.57 Å². The zero-order valence-electron chi connectivity index (χ0n) is 8.81. The fraction of sp³-hybridized carbons (Fsp3) is 0.0833. The molecule has 1 heterocycles. The molecule has 2 aromatic rings. The van der Waals surface area contributed by atoms with E-state index in [0.717, 1.165) is 9.26 Å². The first kappa shape index (κ1) is 12.0. The number of carbonyl (C=O) groups is 1. The van der Waals surface area contributed by atoms with Crippen LogP contribution >= 0.6 is 22.6 Å².